The smallest absolute Gasteiger partial charge is 0.241 e. The van der Waals surface area contributed by atoms with E-state index in [1.807, 2.05) is 6.92 Å². The summed E-state index contributed by atoms with van der Waals surface area (Å²) in [7, 11) is -3.67. The predicted molar refractivity (Wildman–Crippen MR) is 77.1 cm³/mol. The number of nitrogens with one attached hydrogen (secondary N) is 1. The van der Waals surface area contributed by atoms with Crippen molar-refractivity contribution >= 4 is 10.0 Å². The average Bonchev–Trinajstić information content (AvgIpc) is 2.82. The summed E-state index contributed by atoms with van der Waals surface area (Å²) in [6, 6.07) is 4.92. The first-order valence-electron chi connectivity index (χ1n) is 6.46. The van der Waals surface area contributed by atoms with E-state index in [-0.39, 0.29) is 18.0 Å². The van der Waals surface area contributed by atoms with Crippen molar-refractivity contribution in [3.8, 4) is 0 Å². The van der Waals surface area contributed by atoms with Crippen LogP contribution in [0.3, 0.4) is 0 Å². The van der Waals surface area contributed by atoms with E-state index in [0.29, 0.717) is 22.6 Å². The van der Waals surface area contributed by atoms with Crippen LogP contribution in [-0.4, -0.2) is 18.7 Å². The number of aliphatic hydroxyl groups is 1. The summed E-state index contributed by atoms with van der Waals surface area (Å²) >= 11 is 0. The van der Waals surface area contributed by atoms with Crippen molar-refractivity contribution in [2.24, 2.45) is 0 Å². The minimum absolute atomic E-state index is 0.0570. The molecule has 0 bridgehead atoms. The molecule has 0 saturated carbocycles. The number of rotatable bonds is 5. The van der Waals surface area contributed by atoms with E-state index < -0.39 is 10.0 Å². The lowest BCUT2D eigenvalue weighted by molar-refractivity contribution is 0.280. The Labute approximate surface area is 123 Å². The summed E-state index contributed by atoms with van der Waals surface area (Å²) in [5, 5.41) is 13.0. The van der Waals surface area contributed by atoms with Gasteiger partial charge in [-0.25, -0.2) is 13.1 Å². The number of sulfonamides is 1. The second-order valence-corrected chi connectivity index (χ2v) is 6.69. The summed E-state index contributed by atoms with van der Waals surface area (Å²) in [5.74, 6) is 0.623. The fraction of sp³-hybridized carbons (Fsp3) is 0.357. The van der Waals surface area contributed by atoms with Gasteiger partial charge in [-0.1, -0.05) is 11.2 Å². The third-order valence-corrected chi connectivity index (χ3v) is 4.76. The van der Waals surface area contributed by atoms with E-state index in [0.717, 1.165) is 5.56 Å². The van der Waals surface area contributed by atoms with Gasteiger partial charge in [-0.15, -0.1) is 0 Å². The van der Waals surface area contributed by atoms with Gasteiger partial charge in [0.25, 0.3) is 0 Å². The van der Waals surface area contributed by atoms with Crippen LogP contribution in [-0.2, 0) is 23.2 Å². The van der Waals surface area contributed by atoms with Crippen LogP contribution in [0.15, 0.2) is 27.6 Å². The minimum atomic E-state index is -3.67. The predicted octanol–water partition coefficient (Wildman–Crippen LogP) is 1.57. The topological polar surface area (TPSA) is 92.4 Å². The molecule has 7 heteroatoms. The van der Waals surface area contributed by atoms with Crippen LogP contribution >= 0.6 is 0 Å². The van der Waals surface area contributed by atoms with E-state index in [4.69, 9.17) is 4.52 Å². The Morgan fingerprint density at radius 1 is 1.19 bits per heavy atom. The van der Waals surface area contributed by atoms with Crippen LogP contribution in [0.2, 0.25) is 0 Å². The van der Waals surface area contributed by atoms with E-state index in [2.05, 4.69) is 9.88 Å². The van der Waals surface area contributed by atoms with E-state index in [1.54, 1.807) is 26.0 Å². The zero-order valence-corrected chi connectivity index (χ0v) is 13.0. The first kappa shape index (κ1) is 15.7. The highest BCUT2D eigenvalue weighted by Gasteiger charge is 2.18. The van der Waals surface area contributed by atoms with Gasteiger partial charge in [0.2, 0.25) is 10.0 Å². The van der Waals surface area contributed by atoms with Crippen molar-refractivity contribution < 1.29 is 18.0 Å². The summed E-state index contributed by atoms with van der Waals surface area (Å²) in [4.78, 5) is 0.164. The second-order valence-electron chi connectivity index (χ2n) is 4.96. The maximum absolute atomic E-state index is 12.4. The van der Waals surface area contributed by atoms with Gasteiger partial charge in [-0.3, -0.25) is 0 Å². The number of aliphatic hydroxyl groups excluding tert-OH is 1. The molecular formula is C14H18N2O4S. The molecule has 2 N–H and O–H groups in total. The molecule has 2 aromatic rings. The normalized spacial score (nSPS) is 11.8. The van der Waals surface area contributed by atoms with E-state index in [1.165, 1.54) is 6.07 Å². The fourth-order valence-corrected chi connectivity index (χ4v) is 3.36. The molecule has 21 heavy (non-hydrogen) atoms. The van der Waals surface area contributed by atoms with Crippen molar-refractivity contribution in [3.05, 3.63) is 46.3 Å². The van der Waals surface area contributed by atoms with Gasteiger partial charge in [0.15, 0.2) is 0 Å². The summed E-state index contributed by atoms with van der Waals surface area (Å²) in [6.45, 7) is 5.16. The fourth-order valence-electron chi connectivity index (χ4n) is 2.08. The molecule has 0 amide bonds. The molecule has 0 aliphatic rings. The van der Waals surface area contributed by atoms with Crippen LogP contribution in [0.4, 0.5) is 0 Å². The molecule has 1 aromatic heterocycles. The first-order chi connectivity index (χ1) is 9.83. The standard InChI is InChI=1S/C14H18N2O4S/c1-9-4-10(2)14(6-12(9)8-17)21(18,19)15-7-13-5-11(3)20-16-13/h4-6,15,17H,7-8H2,1-3H3. The molecule has 0 radical (unpaired) electrons. The maximum Gasteiger partial charge on any atom is 0.241 e. The molecule has 6 nitrogen and oxygen atoms in total. The summed E-state index contributed by atoms with van der Waals surface area (Å²) in [6.07, 6.45) is 0. The van der Waals surface area contributed by atoms with E-state index in [9.17, 15) is 13.5 Å². The monoisotopic (exact) mass is 310 g/mol. The molecule has 0 saturated heterocycles. The SMILES string of the molecule is Cc1cc(CNS(=O)(=O)c2cc(CO)c(C)cc2C)no1. The Bertz CT molecular complexity index is 750. The third kappa shape index (κ3) is 3.49. The Balaban J connectivity index is 2.27. The first-order valence-corrected chi connectivity index (χ1v) is 7.94. The number of benzene rings is 1. The Morgan fingerprint density at radius 3 is 2.48 bits per heavy atom. The molecule has 0 atom stereocenters. The largest absolute Gasteiger partial charge is 0.392 e. The van der Waals surface area contributed by atoms with Crippen LogP contribution in [0, 0.1) is 20.8 Å². The molecular weight excluding hydrogens is 292 g/mol. The van der Waals surface area contributed by atoms with Gasteiger partial charge in [-0.05, 0) is 43.5 Å². The number of nitrogens with zero attached hydrogens (tertiary/aromatic N) is 1. The van der Waals surface area contributed by atoms with Crippen LogP contribution in [0.1, 0.15) is 28.1 Å². The van der Waals surface area contributed by atoms with Crippen LogP contribution in [0.25, 0.3) is 0 Å². The van der Waals surface area contributed by atoms with Crippen molar-refractivity contribution in [2.75, 3.05) is 0 Å². The van der Waals surface area contributed by atoms with Gasteiger partial charge in [0.1, 0.15) is 5.76 Å². The lowest BCUT2D eigenvalue weighted by Gasteiger charge is -2.12. The Kier molecular flexibility index (Phi) is 4.46. The maximum atomic E-state index is 12.4. The average molecular weight is 310 g/mol. The van der Waals surface area contributed by atoms with Crippen LogP contribution in [0.5, 0.6) is 0 Å². The molecule has 0 aliphatic carbocycles. The summed E-state index contributed by atoms with van der Waals surface area (Å²) < 4.78 is 32.1. The lowest BCUT2D eigenvalue weighted by atomic mass is 10.1. The van der Waals surface area contributed by atoms with Crippen molar-refractivity contribution in [2.45, 2.75) is 38.8 Å². The number of aryl methyl sites for hydroxylation is 3. The molecule has 2 rings (SSSR count). The highest BCUT2D eigenvalue weighted by atomic mass is 32.2. The highest BCUT2D eigenvalue weighted by Crippen LogP contribution is 2.20. The van der Waals surface area contributed by atoms with Gasteiger partial charge in [0, 0.05) is 6.07 Å². The highest BCUT2D eigenvalue weighted by molar-refractivity contribution is 7.89. The van der Waals surface area contributed by atoms with E-state index >= 15 is 0 Å². The van der Waals surface area contributed by atoms with Crippen molar-refractivity contribution in [3.63, 3.8) is 0 Å². The third-order valence-electron chi connectivity index (χ3n) is 3.21. The van der Waals surface area contributed by atoms with Gasteiger partial charge in [-0.2, -0.15) is 0 Å². The molecule has 1 heterocycles. The Morgan fingerprint density at radius 2 is 1.90 bits per heavy atom. The molecule has 0 unspecified atom stereocenters. The molecule has 0 aliphatic heterocycles. The number of aromatic nitrogens is 1. The Hall–Kier alpha value is -1.70. The van der Waals surface area contributed by atoms with Gasteiger partial charge in [0.05, 0.1) is 23.7 Å². The number of hydrogen-bond acceptors (Lipinski definition) is 5. The van der Waals surface area contributed by atoms with Crippen LogP contribution < -0.4 is 4.72 Å². The summed E-state index contributed by atoms with van der Waals surface area (Å²) in [5.41, 5.74) is 2.61. The zero-order chi connectivity index (χ0) is 15.6. The lowest BCUT2D eigenvalue weighted by Crippen LogP contribution is -2.24. The molecule has 114 valence electrons. The minimum Gasteiger partial charge on any atom is -0.392 e. The molecule has 1 aromatic carbocycles. The number of hydrogen-bond donors (Lipinski definition) is 2. The second kappa shape index (κ2) is 5.97. The quantitative estimate of drug-likeness (QED) is 0.874. The van der Waals surface area contributed by atoms with Gasteiger partial charge >= 0.3 is 0 Å². The molecule has 0 spiro atoms. The molecule has 0 fully saturated rings. The van der Waals surface area contributed by atoms with Crippen molar-refractivity contribution in [1.29, 1.82) is 0 Å². The van der Waals surface area contributed by atoms with Gasteiger partial charge < -0.3 is 9.63 Å². The van der Waals surface area contributed by atoms with Crippen molar-refractivity contribution in [1.82, 2.24) is 9.88 Å². The zero-order valence-electron chi connectivity index (χ0n) is 12.2.